The van der Waals surface area contributed by atoms with Gasteiger partial charge in [0.2, 0.25) is 5.91 Å². The summed E-state index contributed by atoms with van der Waals surface area (Å²) in [5, 5.41) is 14.3. The third-order valence-electron chi connectivity index (χ3n) is 5.01. The molecule has 5 nitrogen and oxygen atoms in total. The maximum atomic E-state index is 12.4. The van der Waals surface area contributed by atoms with Gasteiger partial charge < -0.3 is 15.2 Å². The molecule has 1 atom stereocenters. The Kier molecular flexibility index (Phi) is 6.23. The molecular formula is C21H25NO4. The molecule has 1 aliphatic rings. The van der Waals surface area contributed by atoms with Gasteiger partial charge in [0, 0.05) is 19.6 Å². The highest BCUT2D eigenvalue weighted by atomic mass is 16.5. The molecule has 0 bridgehead atoms. The average molecular weight is 355 g/mol. The zero-order valence-corrected chi connectivity index (χ0v) is 14.8. The standard InChI is InChI=1S/C21H25NO4/c23-20(8-5-15-9-11-26-12-10-15)22-19(14-21(24)25)18-7-6-16-3-1-2-4-17(16)13-18/h1-4,6-7,13,15,19H,5,8-12,14H2,(H,22,23)(H,24,25)/t19-/m0/s1. The van der Waals surface area contributed by atoms with E-state index < -0.39 is 12.0 Å². The number of ether oxygens (including phenoxy) is 1. The first kappa shape index (κ1) is 18.4. The number of benzene rings is 2. The lowest BCUT2D eigenvalue weighted by atomic mass is 9.94. The van der Waals surface area contributed by atoms with Gasteiger partial charge in [0.1, 0.15) is 0 Å². The Morgan fingerprint density at radius 3 is 2.58 bits per heavy atom. The van der Waals surface area contributed by atoms with Gasteiger partial charge in [0.15, 0.2) is 0 Å². The van der Waals surface area contributed by atoms with E-state index in [-0.39, 0.29) is 12.3 Å². The van der Waals surface area contributed by atoms with Crippen LogP contribution in [0.1, 0.15) is 43.7 Å². The first-order valence-electron chi connectivity index (χ1n) is 9.19. The van der Waals surface area contributed by atoms with E-state index in [0.717, 1.165) is 48.8 Å². The molecule has 0 unspecified atom stereocenters. The number of nitrogens with one attached hydrogen (secondary N) is 1. The normalized spacial score (nSPS) is 16.3. The van der Waals surface area contributed by atoms with Crippen molar-refractivity contribution < 1.29 is 19.4 Å². The average Bonchev–Trinajstić information content (AvgIpc) is 2.66. The maximum absolute atomic E-state index is 12.4. The van der Waals surface area contributed by atoms with Gasteiger partial charge in [0.25, 0.3) is 0 Å². The van der Waals surface area contributed by atoms with Crippen LogP contribution in [0.4, 0.5) is 0 Å². The van der Waals surface area contributed by atoms with Gasteiger partial charge in [0.05, 0.1) is 12.5 Å². The Morgan fingerprint density at radius 1 is 1.12 bits per heavy atom. The van der Waals surface area contributed by atoms with Gasteiger partial charge in [-0.2, -0.15) is 0 Å². The fraction of sp³-hybridized carbons (Fsp3) is 0.429. The Bertz CT molecular complexity index is 767. The number of carboxylic acids is 1. The van der Waals surface area contributed by atoms with Crippen molar-refractivity contribution in [1.29, 1.82) is 0 Å². The van der Waals surface area contributed by atoms with Crippen LogP contribution >= 0.6 is 0 Å². The fourth-order valence-corrected chi connectivity index (χ4v) is 3.49. The molecule has 1 saturated heterocycles. The Hall–Kier alpha value is -2.40. The summed E-state index contributed by atoms with van der Waals surface area (Å²) in [4.78, 5) is 23.6. The zero-order valence-electron chi connectivity index (χ0n) is 14.8. The first-order valence-corrected chi connectivity index (χ1v) is 9.19. The predicted molar refractivity (Wildman–Crippen MR) is 99.9 cm³/mol. The number of hydrogen-bond acceptors (Lipinski definition) is 3. The number of aliphatic carboxylic acids is 1. The SMILES string of the molecule is O=C(O)C[C@H](NC(=O)CCC1CCOCC1)c1ccc2ccccc2c1. The van der Waals surface area contributed by atoms with Crippen molar-refractivity contribution in [2.75, 3.05) is 13.2 Å². The van der Waals surface area contributed by atoms with E-state index in [1.807, 2.05) is 42.5 Å². The molecule has 5 heteroatoms. The summed E-state index contributed by atoms with van der Waals surface area (Å²) in [6.07, 6.45) is 3.12. The van der Waals surface area contributed by atoms with Crippen LogP contribution in [-0.4, -0.2) is 30.2 Å². The molecule has 0 aliphatic carbocycles. The summed E-state index contributed by atoms with van der Waals surface area (Å²) in [5.41, 5.74) is 0.825. The van der Waals surface area contributed by atoms with Crippen molar-refractivity contribution >= 4 is 22.6 Å². The molecule has 1 fully saturated rings. The number of carbonyl (C=O) groups is 2. The predicted octanol–water partition coefficient (Wildman–Crippen LogP) is 3.68. The van der Waals surface area contributed by atoms with Crippen LogP contribution in [0.5, 0.6) is 0 Å². The fourth-order valence-electron chi connectivity index (χ4n) is 3.49. The van der Waals surface area contributed by atoms with E-state index in [2.05, 4.69) is 5.32 Å². The topological polar surface area (TPSA) is 75.6 Å². The molecule has 1 amide bonds. The molecule has 2 N–H and O–H groups in total. The molecule has 26 heavy (non-hydrogen) atoms. The van der Waals surface area contributed by atoms with Gasteiger partial charge in [-0.3, -0.25) is 9.59 Å². The van der Waals surface area contributed by atoms with Crippen LogP contribution in [-0.2, 0) is 14.3 Å². The molecule has 0 radical (unpaired) electrons. The summed E-state index contributed by atoms with van der Waals surface area (Å²) in [6, 6.07) is 13.2. The van der Waals surface area contributed by atoms with Crippen molar-refractivity contribution in [2.24, 2.45) is 5.92 Å². The number of fused-ring (bicyclic) bond motifs is 1. The Balaban J connectivity index is 1.66. The van der Waals surface area contributed by atoms with Crippen LogP contribution in [0.3, 0.4) is 0 Å². The van der Waals surface area contributed by atoms with E-state index >= 15 is 0 Å². The largest absolute Gasteiger partial charge is 0.481 e. The molecular weight excluding hydrogens is 330 g/mol. The van der Waals surface area contributed by atoms with Gasteiger partial charge in [-0.15, -0.1) is 0 Å². The minimum absolute atomic E-state index is 0.0871. The van der Waals surface area contributed by atoms with Gasteiger partial charge in [-0.05, 0) is 47.6 Å². The minimum Gasteiger partial charge on any atom is -0.481 e. The highest BCUT2D eigenvalue weighted by molar-refractivity contribution is 5.84. The van der Waals surface area contributed by atoms with Crippen molar-refractivity contribution in [3.05, 3.63) is 48.0 Å². The van der Waals surface area contributed by atoms with Crippen LogP contribution in [0.2, 0.25) is 0 Å². The summed E-state index contributed by atoms with van der Waals surface area (Å²) in [5.74, 6) is -0.489. The lowest BCUT2D eigenvalue weighted by molar-refractivity contribution is -0.137. The molecule has 1 aliphatic heterocycles. The first-order chi connectivity index (χ1) is 12.6. The molecule has 3 rings (SSSR count). The maximum Gasteiger partial charge on any atom is 0.305 e. The second kappa shape index (κ2) is 8.81. The molecule has 2 aromatic carbocycles. The Labute approximate surface area is 153 Å². The van der Waals surface area contributed by atoms with E-state index in [0.29, 0.717) is 12.3 Å². The van der Waals surface area contributed by atoms with Gasteiger partial charge in [-0.1, -0.05) is 36.4 Å². The number of carboxylic acid groups (broad SMARTS) is 1. The van der Waals surface area contributed by atoms with Crippen molar-refractivity contribution in [3.63, 3.8) is 0 Å². The summed E-state index contributed by atoms with van der Waals surface area (Å²) >= 11 is 0. The lowest BCUT2D eigenvalue weighted by Crippen LogP contribution is -2.30. The molecule has 138 valence electrons. The zero-order chi connectivity index (χ0) is 18.4. The van der Waals surface area contributed by atoms with Gasteiger partial charge in [-0.25, -0.2) is 0 Å². The number of rotatable bonds is 7. The molecule has 2 aromatic rings. The minimum atomic E-state index is -0.923. The monoisotopic (exact) mass is 355 g/mol. The second-order valence-corrected chi connectivity index (χ2v) is 6.92. The summed E-state index contributed by atoms with van der Waals surface area (Å²) < 4.78 is 5.34. The van der Waals surface area contributed by atoms with E-state index in [4.69, 9.17) is 4.74 Å². The second-order valence-electron chi connectivity index (χ2n) is 6.92. The summed E-state index contributed by atoms with van der Waals surface area (Å²) in [7, 11) is 0. The van der Waals surface area contributed by atoms with Crippen molar-refractivity contribution in [1.82, 2.24) is 5.32 Å². The third kappa shape index (κ3) is 5.05. The van der Waals surface area contributed by atoms with Crippen LogP contribution in [0.25, 0.3) is 10.8 Å². The lowest BCUT2D eigenvalue weighted by Gasteiger charge is -2.22. The highest BCUT2D eigenvalue weighted by Crippen LogP contribution is 2.24. The van der Waals surface area contributed by atoms with E-state index in [9.17, 15) is 14.7 Å². The van der Waals surface area contributed by atoms with E-state index in [1.165, 1.54) is 0 Å². The molecule has 0 saturated carbocycles. The Morgan fingerprint density at radius 2 is 1.85 bits per heavy atom. The quantitative estimate of drug-likeness (QED) is 0.794. The van der Waals surface area contributed by atoms with Crippen LogP contribution in [0.15, 0.2) is 42.5 Å². The number of carbonyl (C=O) groups excluding carboxylic acids is 1. The summed E-state index contributed by atoms with van der Waals surface area (Å²) in [6.45, 7) is 1.54. The number of hydrogen-bond donors (Lipinski definition) is 2. The van der Waals surface area contributed by atoms with Gasteiger partial charge >= 0.3 is 5.97 Å². The van der Waals surface area contributed by atoms with Crippen molar-refractivity contribution in [2.45, 2.75) is 38.1 Å². The van der Waals surface area contributed by atoms with Crippen LogP contribution < -0.4 is 5.32 Å². The number of amides is 1. The smallest absolute Gasteiger partial charge is 0.305 e. The third-order valence-corrected chi connectivity index (χ3v) is 5.01. The van der Waals surface area contributed by atoms with Crippen molar-refractivity contribution in [3.8, 4) is 0 Å². The molecule has 0 spiro atoms. The van der Waals surface area contributed by atoms with Crippen LogP contribution in [0, 0.1) is 5.92 Å². The van der Waals surface area contributed by atoms with E-state index in [1.54, 1.807) is 0 Å². The molecule has 1 heterocycles. The highest BCUT2D eigenvalue weighted by Gasteiger charge is 2.20. The molecule has 0 aromatic heterocycles.